The molecule has 5 nitrogen and oxygen atoms in total. The van der Waals surface area contributed by atoms with Crippen LogP contribution in [-0.2, 0) is 6.42 Å². The van der Waals surface area contributed by atoms with E-state index in [0.29, 0.717) is 17.0 Å². The lowest BCUT2D eigenvalue weighted by atomic mass is 10.1. The van der Waals surface area contributed by atoms with Crippen molar-refractivity contribution in [2.75, 3.05) is 11.9 Å². The minimum atomic E-state index is -0.272. The number of aromatic nitrogens is 2. The van der Waals surface area contributed by atoms with E-state index in [1.165, 1.54) is 11.8 Å². The van der Waals surface area contributed by atoms with Crippen LogP contribution < -0.4 is 10.5 Å². The number of benzene rings is 2. The lowest BCUT2D eigenvalue weighted by molar-refractivity contribution is 0.459. The van der Waals surface area contributed by atoms with E-state index in [9.17, 15) is 9.90 Å². The van der Waals surface area contributed by atoms with Gasteiger partial charge in [-0.15, -0.1) is 0 Å². The summed E-state index contributed by atoms with van der Waals surface area (Å²) < 4.78 is 0. The van der Waals surface area contributed by atoms with E-state index in [1.807, 2.05) is 85.6 Å². The summed E-state index contributed by atoms with van der Waals surface area (Å²) in [4.78, 5) is 23.5. The van der Waals surface area contributed by atoms with Gasteiger partial charge < -0.3 is 15.0 Å². The molecule has 6 heteroatoms. The third kappa shape index (κ3) is 5.02. The highest BCUT2D eigenvalue weighted by Crippen LogP contribution is 2.42. The highest BCUT2D eigenvalue weighted by Gasteiger charge is 2.22. The minimum absolute atomic E-state index is 0.0124. The molecule has 2 aromatic heterocycles. The van der Waals surface area contributed by atoms with Crippen LogP contribution >= 0.6 is 11.8 Å². The van der Waals surface area contributed by atoms with Gasteiger partial charge in [-0.05, 0) is 55.7 Å². The van der Waals surface area contributed by atoms with Gasteiger partial charge in [0.05, 0.1) is 0 Å². The number of hydrogen-bond acceptors (Lipinski definition) is 5. The van der Waals surface area contributed by atoms with E-state index >= 15 is 0 Å². The molecular formula is C28H29N3O2S. The van der Waals surface area contributed by atoms with Crippen LogP contribution in [0.2, 0.25) is 0 Å². The second-order valence-electron chi connectivity index (χ2n) is 8.22. The molecular weight excluding hydrogens is 442 g/mol. The van der Waals surface area contributed by atoms with Crippen molar-refractivity contribution in [1.29, 1.82) is 0 Å². The highest BCUT2D eigenvalue weighted by atomic mass is 32.2. The first-order valence-corrected chi connectivity index (χ1v) is 12.3. The fraction of sp³-hybridized carbons (Fsp3) is 0.214. The average molecular weight is 472 g/mol. The first-order valence-electron chi connectivity index (χ1n) is 11.5. The molecule has 0 bridgehead atoms. The number of nitrogens with zero attached hydrogens (tertiary/aromatic N) is 2. The summed E-state index contributed by atoms with van der Waals surface area (Å²) in [6, 6.07) is 21.8. The third-order valence-corrected chi connectivity index (χ3v) is 6.94. The lowest BCUT2D eigenvalue weighted by Crippen LogP contribution is -2.19. The van der Waals surface area contributed by atoms with Gasteiger partial charge in [-0.25, -0.2) is 0 Å². The molecule has 0 spiro atoms. The molecule has 2 aromatic carbocycles. The van der Waals surface area contributed by atoms with Crippen LogP contribution in [0.1, 0.15) is 31.2 Å². The molecule has 0 fully saturated rings. The molecule has 0 aliphatic carbocycles. The van der Waals surface area contributed by atoms with Gasteiger partial charge in [0.1, 0.15) is 10.6 Å². The third-order valence-electron chi connectivity index (χ3n) is 5.85. The summed E-state index contributed by atoms with van der Waals surface area (Å²) in [6.07, 6.45) is 4.39. The van der Waals surface area contributed by atoms with Gasteiger partial charge in [0.15, 0.2) is 5.75 Å². The minimum Gasteiger partial charge on any atom is -0.504 e. The molecule has 4 rings (SSSR count). The topological polar surface area (TPSA) is 69.2 Å². The van der Waals surface area contributed by atoms with Crippen LogP contribution in [-0.4, -0.2) is 22.1 Å². The standard InChI is InChI=1S/C28H29N3O2S/c1-4-5-13-24-25(31(3)21-10-7-6-8-11-21)26(32)27(28(33)30-24)34-22-16-14-20(15-17-22)23-12-9-18-29-19(23)2/h6-12,14-18H,4-5,13H2,1-3H3,(H2,30,32,33). The Bertz CT molecular complexity index is 1320. The Kier molecular flexibility index (Phi) is 7.38. The number of aromatic hydroxyl groups is 1. The average Bonchev–Trinajstić information content (AvgIpc) is 2.86. The zero-order chi connectivity index (χ0) is 24.1. The number of para-hydroxylation sites is 1. The second kappa shape index (κ2) is 10.6. The van der Waals surface area contributed by atoms with Crippen LogP contribution in [0.5, 0.6) is 5.75 Å². The van der Waals surface area contributed by atoms with Crippen LogP contribution in [0.25, 0.3) is 11.1 Å². The van der Waals surface area contributed by atoms with Crippen molar-refractivity contribution in [2.45, 2.75) is 42.9 Å². The lowest BCUT2D eigenvalue weighted by Gasteiger charge is -2.24. The summed E-state index contributed by atoms with van der Waals surface area (Å²) in [5, 5.41) is 11.3. The van der Waals surface area contributed by atoms with E-state index in [4.69, 9.17) is 0 Å². The first kappa shape index (κ1) is 23.6. The number of aryl methyl sites for hydroxylation is 2. The Morgan fingerprint density at radius 3 is 2.44 bits per heavy atom. The van der Waals surface area contributed by atoms with Crippen molar-refractivity contribution in [1.82, 2.24) is 9.97 Å². The van der Waals surface area contributed by atoms with E-state index < -0.39 is 0 Å². The fourth-order valence-corrected chi connectivity index (χ4v) is 4.84. The molecule has 0 amide bonds. The van der Waals surface area contributed by atoms with Gasteiger partial charge >= 0.3 is 0 Å². The zero-order valence-electron chi connectivity index (χ0n) is 19.7. The predicted molar refractivity (Wildman–Crippen MR) is 140 cm³/mol. The van der Waals surface area contributed by atoms with Gasteiger partial charge in [0, 0.05) is 40.8 Å². The molecule has 0 saturated heterocycles. The Morgan fingerprint density at radius 1 is 1.03 bits per heavy atom. The maximum absolute atomic E-state index is 13.0. The van der Waals surface area contributed by atoms with Crippen molar-refractivity contribution >= 4 is 23.1 Å². The number of unbranched alkanes of at least 4 members (excludes halogenated alkanes) is 1. The van der Waals surface area contributed by atoms with Crippen molar-refractivity contribution in [3.05, 3.63) is 94.7 Å². The van der Waals surface area contributed by atoms with Crippen molar-refractivity contribution < 1.29 is 5.11 Å². The molecule has 0 aliphatic heterocycles. The molecule has 2 heterocycles. The van der Waals surface area contributed by atoms with Crippen LogP contribution in [0, 0.1) is 6.92 Å². The molecule has 0 aliphatic rings. The first-order chi connectivity index (χ1) is 16.5. The molecule has 4 aromatic rings. The van der Waals surface area contributed by atoms with Crippen LogP contribution in [0.15, 0.2) is 87.5 Å². The van der Waals surface area contributed by atoms with Gasteiger partial charge in [-0.2, -0.15) is 0 Å². The molecule has 174 valence electrons. The number of hydrogen-bond donors (Lipinski definition) is 2. The van der Waals surface area contributed by atoms with Crippen molar-refractivity contribution in [3.63, 3.8) is 0 Å². The van der Waals surface area contributed by atoms with Crippen LogP contribution in [0.3, 0.4) is 0 Å². The zero-order valence-corrected chi connectivity index (χ0v) is 20.5. The monoisotopic (exact) mass is 471 g/mol. The van der Waals surface area contributed by atoms with E-state index in [2.05, 4.69) is 16.9 Å². The maximum Gasteiger partial charge on any atom is 0.266 e. The largest absolute Gasteiger partial charge is 0.504 e. The van der Waals surface area contributed by atoms with Gasteiger partial charge in [0.25, 0.3) is 5.56 Å². The van der Waals surface area contributed by atoms with E-state index in [1.54, 1.807) is 6.20 Å². The maximum atomic E-state index is 13.0. The number of anilines is 2. The summed E-state index contributed by atoms with van der Waals surface area (Å²) in [5.74, 6) is 0.0124. The number of pyridine rings is 2. The number of rotatable bonds is 8. The predicted octanol–water partition coefficient (Wildman–Crippen LogP) is 6.71. The Morgan fingerprint density at radius 2 is 1.76 bits per heavy atom. The molecule has 34 heavy (non-hydrogen) atoms. The molecule has 0 atom stereocenters. The highest BCUT2D eigenvalue weighted by molar-refractivity contribution is 7.99. The molecule has 0 unspecified atom stereocenters. The number of nitrogens with one attached hydrogen (secondary N) is 1. The molecule has 0 saturated carbocycles. The Balaban J connectivity index is 1.71. The molecule has 2 N–H and O–H groups in total. The number of H-pyrrole nitrogens is 1. The van der Waals surface area contributed by atoms with Crippen molar-refractivity contribution in [2.24, 2.45) is 0 Å². The summed E-state index contributed by atoms with van der Waals surface area (Å²) in [5.41, 5.74) is 5.17. The summed E-state index contributed by atoms with van der Waals surface area (Å²) in [7, 11) is 1.91. The van der Waals surface area contributed by atoms with Gasteiger partial charge in [-0.3, -0.25) is 9.78 Å². The van der Waals surface area contributed by atoms with E-state index in [0.717, 1.165) is 45.9 Å². The Hall–Kier alpha value is -3.51. The summed E-state index contributed by atoms with van der Waals surface area (Å²) >= 11 is 1.27. The van der Waals surface area contributed by atoms with Crippen LogP contribution in [0.4, 0.5) is 11.4 Å². The second-order valence-corrected chi connectivity index (χ2v) is 9.30. The smallest absolute Gasteiger partial charge is 0.266 e. The number of aromatic amines is 1. The van der Waals surface area contributed by atoms with Gasteiger partial charge in [-0.1, -0.05) is 61.5 Å². The van der Waals surface area contributed by atoms with Crippen molar-refractivity contribution in [3.8, 4) is 16.9 Å². The SMILES string of the molecule is CCCCc1[nH]c(=O)c(Sc2ccc(-c3cccnc3C)cc2)c(O)c1N(C)c1ccccc1. The van der Waals surface area contributed by atoms with Gasteiger partial charge in [0.2, 0.25) is 0 Å². The van der Waals surface area contributed by atoms with E-state index in [-0.39, 0.29) is 11.3 Å². The quantitative estimate of drug-likeness (QED) is 0.299. The fourth-order valence-electron chi connectivity index (χ4n) is 3.99. The molecule has 0 radical (unpaired) electrons. The Labute approximate surface area is 204 Å². The summed E-state index contributed by atoms with van der Waals surface area (Å²) in [6.45, 7) is 4.10. The normalized spacial score (nSPS) is 10.9.